The zero-order valence-electron chi connectivity index (χ0n) is 13.0. The second-order valence-corrected chi connectivity index (χ2v) is 4.82. The summed E-state index contributed by atoms with van der Waals surface area (Å²) in [6.07, 6.45) is 2.47. The van der Waals surface area contributed by atoms with Crippen molar-refractivity contribution < 1.29 is 23.7 Å². The van der Waals surface area contributed by atoms with Crippen LogP contribution in [0.2, 0.25) is 0 Å². The number of cyclic esters (lactones) is 1. The summed E-state index contributed by atoms with van der Waals surface area (Å²) in [7, 11) is 4.74. The maximum atomic E-state index is 11.7. The van der Waals surface area contributed by atoms with Crippen LogP contribution in [0.25, 0.3) is 6.08 Å². The molecular formula is C16H20O5. The Bertz CT molecular complexity index is 570. The number of esters is 1. The molecule has 5 nitrogen and oxygen atoms in total. The quantitative estimate of drug-likeness (QED) is 0.631. The summed E-state index contributed by atoms with van der Waals surface area (Å²) >= 11 is 0. The Morgan fingerprint density at radius 2 is 1.48 bits per heavy atom. The van der Waals surface area contributed by atoms with E-state index in [1.54, 1.807) is 21.3 Å². The van der Waals surface area contributed by atoms with Gasteiger partial charge < -0.3 is 18.9 Å². The molecule has 1 aliphatic heterocycles. The molecule has 0 spiro atoms. The average Bonchev–Trinajstić information content (AvgIpc) is 2.88. The van der Waals surface area contributed by atoms with Gasteiger partial charge in [0.2, 0.25) is 5.75 Å². The Labute approximate surface area is 124 Å². The van der Waals surface area contributed by atoms with E-state index >= 15 is 0 Å². The van der Waals surface area contributed by atoms with Crippen molar-refractivity contribution in [3.63, 3.8) is 0 Å². The van der Waals surface area contributed by atoms with Gasteiger partial charge in [-0.15, -0.1) is 0 Å². The smallest absolute Gasteiger partial charge is 0.334 e. The Morgan fingerprint density at radius 1 is 0.952 bits per heavy atom. The predicted octanol–water partition coefficient (Wildman–Crippen LogP) is 2.66. The van der Waals surface area contributed by atoms with E-state index in [2.05, 4.69) is 0 Å². The van der Waals surface area contributed by atoms with Crippen molar-refractivity contribution in [2.75, 3.05) is 27.9 Å². The topological polar surface area (TPSA) is 54.0 Å². The molecule has 21 heavy (non-hydrogen) atoms. The van der Waals surface area contributed by atoms with Crippen molar-refractivity contribution in [2.45, 2.75) is 20.3 Å². The zero-order valence-corrected chi connectivity index (χ0v) is 13.0. The molecule has 1 aromatic carbocycles. The molecule has 0 amide bonds. The van der Waals surface area contributed by atoms with E-state index < -0.39 is 0 Å². The number of ether oxygens (including phenoxy) is 4. The summed E-state index contributed by atoms with van der Waals surface area (Å²) in [5, 5.41) is 0. The predicted molar refractivity (Wildman–Crippen MR) is 79.1 cm³/mol. The van der Waals surface area contributed by atoms with Crippen LogP contribution in [-0.2, 0) is 9.53 Å². The standard InChI is InChI=1S/C16H20O5/c1-9-12(8-11-6-7-21-16(11)17)10(2)14(19-4)15(20-5)13(9)18-3/h8H,6-7H2,1-5H3/b11-8+. The molecule has 1 fully saturated rings. The van der Waals surface area contributed by atoms with Gasteiger partial charge in [0, 0.05) is 23.1 Å². The van der Waals surface area contributed by atoms with Gasteiger partial charge in [0.25, 0.3) is 0 Å². The Morgan fingerprint density at radius 3 is 1.86 bits per heavy atom. The maximum absolute atomic E-state index is 11.7. The van der Waals surface area contributed by atoms with Crippen LogP contribution in [0.15, 0.2) is 5.57 Å². The van der Waals surface area contributed by atoms with Gasteiger partial charge >= 0.3 is 5.97 Å². The molecule has 1 aromatic rings. The van der Waals surface area contributed by atoms with Gasteiger partial charge in [-0.1, -0.05) is 0 Å². The third-order valence-corrected chi connectivity index (χ3v) is 3.70. The van der Waals surface area contributed by atoms with Crippen LogP contribution in [0.3, 0.4) is 0 Å². The SMILES string of the molecule is COc1c(C)c(/C=C2\CCOC2=O)c(C)c(OC)c1OC. The third-order valence-electron chi connectivity index (χ3n) is 3.70. The molecule has 0 N–H and O–H groups in total. The fourth-order valence-corrected chi connectivity index (χ4v) is 2.62. The first-order chi connectivity index (χ1) is 10.0. The van der Waals surface area contributed by atoms with Crippen molar-refractivity contribution in [3.8, 4) is 17.2 Å². The lowest BCUT2D eigenvalue weighted by atomic mass is 9.97. The van der Waals surface area contributed by atoms with Crippen molar-refractivity contribution in [1.29, 1.82) is 0 Å². The highest BCUT2D eigenvalue weighted by molar-refractivity contribution is 5.96. The van der Waals surface area contributed by atoms with E-state index in [0.29, 0.717) is 35.8 Å². The van der Waals surface area contributed by atoms with Crippen LogP contribution < -0.4 is 14.2 Å². The lowest BCUT2D eigenvalue weighted by Gasteiger charge is -2.19. The summed E-state index contributed by atoms with van der Waals surface area (Å²) in [6, 6.07) is 0. The van der Waals surface area contributed by atoms with Crippen LogP contribution in [-0.4, -0.2) is 33.9 Å². The molecule has 1 aliphatic rings. The summed E-state index contributed by atoms with van der Waals surface area (Å²) < 4.78 is 21.3. The molecule has 0 saturated carbocycles. The second-order valence-electron chi connectivity index (χ2n) is 4.82. The van der Waals surface area contributed by atoms with Gasteiger partial charge in [-0.25, -0.2) is 4.79 Å². The van der Waals surface area contributed by atoms with Crippen LogP contribution in [0.4, 0.5) is 0 Å². The molecule has 1 heterocycles. The van der Waals surface area contributed by atoms with E-state index in [4.69, 9.17) is 18.9 Å². The molecule has 5 heteroatoms. The molecule has 0 atom stereocenters. The first kappa shape index (κ1) is 15.2. The highest BCUT2D eigenvalue weighted by Gasteiger charge is 2.24. The molecule has 1 saturated heterocycles. The van der Waals surface area contributed by atoms with Gasteiger partial charge in [-0.2, -0.15) is 0 Å². The Kier molecular flexibility index (Phi) is 4.40. The third kappa shape index (κ3) is 2.55. The number of carbonyl (C=O) groups is 1. The van der Waals surface area contributed by atoms with Gasteiger partial charge in [-0.05, 0) is 25.5 Å². The molecule has 2 rings (SSSR count). The number of methoxy groups -OCH3 is 3. The van der Waals surface area contributed by atoms with Crippen molar-refractivity contribution in [3.05, 3.63) is 22.3 Å². The molecular weight excluding hydrogens is 272 g/mol. The van der Waals surface area contributed by atoms with Crippen LogP contribution in [0.1, 0.15) is 23.1 Å². The highest BCUT2D eigenvalue weighted by Crippen LogP contribution is 2.45. The second kappa shape index (κ2) is 6.08. The minimum Gasteiger partial charge on any atom is -0.492 e. The van der Waals surface area contributed by atoms with E-state index in [1.807, 2.05) is 19.9 Å². The van der Waals surface area contributed by atoms with Gasteiger partial charge in [-0.3, -0.25) is 0 Å². The van der Waals surface area contributed by atoms with E-state index in [1.165, 1.54) is 0 Å². The minimum atomic E-state index is -0.262. The van der Waals surface area contributed by atoms with Gasteiger partial charge in [0.15, 0.2) is 11.5 Å². The first-order valence-electron chi connectivity index (χ1n) is 6.71. The maximum Gasteiger partial charge on any atom is 0.334 e. The van der Waals surface area contributed by atoms with E-state index in [0.717, 1.165) is 16.7 Å². The van der Waals surface area contributed by atoms with Crippen molar-refractivity contribution >= 4 is 12.0 Å². The molecule has 0 aromatic heterocycles. The Balaban J connectivity index is 2.68. The van der Waals surface area contributed by atoms with Crippen molar-refractivity contribution in [2.24, 2.45) is 0 Å². The van der Waals surface area contributed by atoms with Gasteiger partial charge in [0.05, 0.1) is 27.9 Å². The Hall–Kier alpha value is -2.17. The van der Waals surface area contributed by atoms with Gasteiger partial charge in [0.1, 0.15) is 0 Å². The molecule has 0 aliphatic carbocycles. The largest absolute Gasteiger partial charge is 0.492 e. The molecule has 114 valence electrons. The lowest BCUT2D eigenvalue weighted by Crippen LogP contribution is -2.03. The van der Waals surface area contributed by atoms with Crippen LogP contribution in [0.5, 0.6) is 17.2 Å². The number of hydrogen-bond acceptors (Lipinski definition) is 5. The van der Waals surface area contributed by atoms with Crippen molar-refractivity contribution in [1.82, 2.24) is 0 Å². The number of hydrogen-bond donors (Lipinski definition) is 0. The monoisotopic (exact) mass is 292 g/mol. The lowest BCUT2D eigenvalue weighted by molar-refractivity contribution is -0.134. The van der Waals surface area contributed by atoms with Crippen LogP contribution in [0, 0.1) is 13.8 Å². The van der Waals surface area contributed by atoms with E-state index in [-0.39, 0.29) is 5.97 Å². The fraction of sp³-hybridized carbons (Fsp3) is 0.438. The minimum absolute atomic E-state index is 0.262. The number of benzene rings is 1. The summed E-state index contributed by atoms with van der Waals surface area (Å²) in [4.78, 5) is 11.7. The fourth-order valence-electron chi connectivity index (χ4n) is 2.62. The highest BCUT2D eigenvalue weighted by atomic mass is 16.5. The molecule has 0 unspecified atom stereocenters. The average molecular weight is 292 g/mol. The summed E-state index contributed by atoms with van der Waals surface area (Å²) in [6.45, 7) is 4.30. The normalized spacial score (nSPS) is 16.0. The summed E-state index contributed by atoms with van der Waals surface area (Å²) in [5.41, 5.74) is 3.37. The zero-order chi connectivity index (χ0) is 15.6. The molecule has 0 bridgehead atoms. The first-order valence-corrected chi connectivity index (χ1v) is 6.71. The van der Waals surface area contributed by atoms with E-state index in [9.17, 15) is 4.79 Å². The number of carbonyl (C=O) groups excluding carboxylic acids is 1. The molecule has 0 radical (unpaired) electrons. The summed E-state index contributed by atoms with van der Waals surface area (Å²) in [5.74, 6) is 1.52. The van der Waals surface area contributed by atoms with Crippen LogP contribution >= 0.6 is 0 Å². The number of rotatable bonds is 4.